The van der Waals surface area contributed by atoms with Gasteiger partial charge in [0.15, 0.2) is 0 Å². The topological polar surface area (TPSA) is 32.3 Å². The van der Waals surface area contributed by atoms with E-state index in [9.17, 15) is 4.79 Å². The Hall–Kier alpha value is -2.29. The Morgan fingerprint density at radius 2 is 1.75 bits per heavy atom. The minimum atomic E-state index is 0.207. The second-order valence-corrected chi connectivity index (χ2v) is 8.62. The number of carbonyl (C=O) groups is 1. The lowest BCUT2D eigenvalue weighted by Gasteiger charge is -2.33. The number of aryl methyl sites for hydroxylation is 2. The van der Waals surface area contributed by atoms with Crippen molar-refractivity contribution < 1.29 is 4.79 Å². The number of hydrogen-bond acceptors (Lipinski definition) is 2. The lowest BCUT2D eigenvalue weighted by atomic mass is 9.85. The molecule has 1 aliphatic heterocycles. The first-order chi connectivity index (χ1) is 13.5. The molecule has 0 radical (unpaired) electrons. The van der Waals surface area contributed by atoms with Crippen molar-refractivity contribution in [2.75, 3.05) is 18.4 Å². The maximum absolute atomic E-state index is 11.6. The van der Waals surface area contributed by atoms with Crippen LogP contribution in [-0.4, -0.2) is 23.9 Å². The number of nitrogens with one attached hydrogen (secondary N) is 1. The third-order valence-electron chi connectivity index (χ3n) is 7.00. The first-order valence-corrected chi connectivity index (χ1v) is 10.7. The standard InChI is InChI=1S/C25H32N2O/c1-16-6-5-7-21-8-10-24(25(16)21)26-23-11-9-22(17(2)18(23)3)20-12-14-27(15-13-20)19(4)28/h5-7,9,11,20,24,26H,8,10,12-15H2,1-4H3. The van der Waals surface area contributed by atoms with Crippen LogP contribution < -0.4 is 5.32 Å². The molecule has 1 atom stereocenters. The second-order valence-electron chi connectivity index (χ2n) is 8.62. The second kappa shape index (κ2) is 7.62. The summed E-state index contributed by atoms with van der Waals surface area (Å²) in [5, 5.41) is 3.85. The minimum Gasteiger partial charge on any atom is -0.378 e. The number of fused-ring (bicyclic) bond motifs is 1. The molecule has 0 bridgehead atoms. The molecule has 3 nitrogen and oxygen atoms in total. The van der Waals surface area contributed by atoms with Crippen LogP contribution in [-0.2, 0) is 11.2 Å². The van der Waals surface area contributed by atoms with Crippen LogP contribution in [0.25, 0.3) is 0 Å². The molecule has 2 aromatic rings. The SMILES string of the molecule is CC(=O)N1CCC(c2ccc(NC3CCc4cccc(C)c43)c(C)c2C)CC1. The van der Waals surface area contributed by atoms with E-state index in [0.29, 0.717) is 12.0 Å². The molecule has 1 saturated heterocycles. The number of benzene rings is 2. The van der Waals surface area contributed by atoms with Gasteiger partial charge in [-0.1, -0.05) is 24.3 Å². The van der Waals surface area contributed by atoms with Crippen LogP contribution in [0.2, 0.25) is 0 Å². The highest BCUT2D eigenvalue weighted by atomic mass is 16.2. The van der Waals surface area contributed by atoms with E-state index in [1.807, 2.05) is 4.90 Å². The first kappa shape index (κ1) is 19.0. The molecule has 0 spiro atoms. The number of hydrogen-bond donors (Lipinski definition) is 1. The highest BCUT2D eigenvalue weighted by Crippen LogP contribution is 2.39. The number of piperidine rings is 1. The van der Waals surface area contributed by atoms with Crippen molar-refractivity contribution in [1.29, 1.82) is 0 Å². The van der Waals surface area contributed by atoms with Gasteiger partial charge in [-0.15, -0.1) is 0 Å². The molecule has 3 heteroatoms. The number of carbonyl (C=O) groups excluding carboxylic acids is 1. The zero-order valence-electron chi connectivity index (χ0n) is 17.6. The number of likely N-dealkylation sites (tertiary alicyclic amines) is 1. The number of nitrogens with zero attached hydrogens (tertiary/aromatic N) is 1. The highest BCUT2D eigenvalue weighted by Gasteiger charge is 2.26. The molecule has 0 saturated carbocycles. The first-order valence-electron chi connectivity index (χ1n) is 10.7. The Labute approximate surface area is 169 Å². The van der Waals surface area contributed by atoms with Crippen molar-refractivity contribution in [3.05, 3.63) is 63.7 Å². The third kappa shape index (κ3) is 3.43. The van der Waals surface area contributed by atoms with E-state index in [4.69, 9.17) is 0 Å². The van der Waals surface area contributed by atoms with Gasteiger partial charge in [0, 0.05) is 25.7 Å². The Morgan fingerprint density at radius 3 is 2.46 bits per heavy atom. The van der Waals surface area contributed by atoms with Gasteiger partial charge in [-0.2, -0.15) is 0 Å². The number of anilines is 1. The van der Waals surface area contributed by atoms with Gasteiger partial charge in [0.1, 0.15) is 0 Å². The Morgan fingerprint density at radius 1 is 1.00 bits per heavy atom. The van der Waals surface area contributed by atoms with Crippen molar-refractivity contribution in [2.45, 2.75) is 65.3 Å². The summed E-state index contributed by atoms with van der Waals surface area (Å²) in [7, 11) is 0. The van der Waals surface area contributed by atoms with Gasteiger partial charge in [0.2, 0.25) is 5.91 Å². The zero-order chi connectivity index (χ0) is 19.8. The molecule has 1 amide bonds. The summed E-state index contributed by atoms with van der Waals surface area (Å²) in [6.07, 6.45) is 4.48. The average molecular weight is 377 g/mol. The van der Waals surface area contributed by atoms with E-state index in [1.54, 1.807) is 6.92 Å². The molecule has 1 unspecified atom stereocenters. The summed E-state index contributed by atoms with van der Waals surface area (Å²) in [5.41, 5.74) is 9.91. The predicted octanol–water partition coefficient (Wildman–Crippen LogP) is 5.44. The maximum atomic E-state index is 11.6. The molecule has 1 N–H and O–H groups in total. The lowest BCUT2D eigenvalue weighted by molar-refractivity contribution is -0.129. The van der Waals surface area contributed by atoms with Crippen LogP contribution in [0.5, 0.6) is 0 Å². The fourth-order valence-corrected chi connectivity index (χ4v) is 5.18. The zero-order valence-corrected chi connectivity index (χ0v) is 17.6. The van der Waals surface area contributed by atoms with Crippen molar-refractivity contribution in [3.63, 3.8) is 0 Å². The van der Waals surface area contributed by atoms with E-state index < -0.39 is 0 Å². The smallest absolute Gasteiger partial charge is 0.219 e. The molecular weight excluding hydrogens is 344 g/mol. The molecule has 1 fully saturated rings. The molecule has 148 valence electrons. The molecule has 2 aliphatic rings. The van der Waals surface area contributed by atoms with Crippen LogP contribution in [0.4, 0.5) is 5.69 Å². The molecule has 4 rings (SSSR count). The summed E-state index contributed by atoms with van der Waals surface area (Å²) >= 11 is 0. The molecule has 1 heterocycles. The Bertz CT molecular complexity index is 894. The van der Waals surface area contributed by atoms with Gasteiger partial charge >= 0.3 is 0 Å². The van der Waals surface area contributed by atoms with Gasteiger partial charge in [0.25, 0.3) is 0 Å². The third-order valence-corrected chi connectivity index (χ3v) is 7.00. The Kier molecular flexibility index (Phi) is 5.18. The van der Waals surface area contributed by atoms with Gasteiger partial charge in [0.05, 0.1) is 6.04 Å². The fourth-order valence-electron chi connectivity index (χ4n) is 5.18. The molecule has 0 aromatic heterocycles. The van der Waals surface area contributed by atoms with E-state index in [-0.39, 0.29) is 5.91 Å². The van der Waals surface area contributed by atoms with Gasteiger partial charge in [-0.3, -0.25) is 4.79 Å². The molecule has 1 aliphatic carbocycles. The van der Waals surface area contributed by atoms with E-state index >= 15 is 0 Å². The van der Waals surface area contributed by atoms with Crippen molar-refractivity contribution >= 4 is 11.6 Å². The van der Waals surface area contributed by atoms with Crippen LogP contribution in [0.1, 0.15) is 71.5 Å². The van der Waals surface area contributed by atoms with Crippen LogP contribution in [0, 0.1) is 20.8 Å². The van der Waals surface area contributed by atoms with Gasteiger partial charge < -0.3 is 10.2 Å². The van der Waals surface area contributed by atoms with Crippen molar-refractivity contribution in [1.82, 2.24) is 4.90 Å². The van der Waals surface area contributed by atoms with Gasteiger partial charge in [-0.05, 0) is 91.8 Å². The van der Waals surface area contributed by atoms with Crippen LogP contribution in [0.3, 0.4) is 0 Å². The number of amides is 1. The average Bonchev–Trinajstić information content (AvgIpc) is 3.10. The fraction of sp³-hybridized carbons (Fsp3) is 0.480. The van der Waals surface area contributed by atoms with E-state index in [2.05, 4.69) is 56.4 Å². The quantitative estimate of drug-likeness (QED) is 0.774. The summed E-state index contributed by atoms with van der Waals surface area (Å²) < 4.78 is 0. The number of rotatable bonds is 3. The summed E-state index contributed by atoms with van der Waals surface area (Å²) in [4.78, 5) is 13.6. The molecule has 2 aromatic carbocycles. The summed E-state index contributed by atoms with van der Waals surface area (Å²) in [6.45, 7) is 10.2. The Balaban J connectivity index is 1.53. The normalized spacial score (nSPS) is 19.6. The lowest BCUT2D eigenvalue weighted by Crippen LogP contribution is -2.36. The summed E-state index contributed by atoms with van der Waals surface area (Å²) in [6, 6.07) is 11.7. The van der Waals surface area contributed by atoms with Crippen molar-refractivity contribution in [2.24, 2.45) is 0 Å². The van der Waals surface area contributed by atoms with Crippen LogP contribution in [0.15, 0.2) is 30.3 Å². The van der Waals surface area contributed by atoms with Gasteiger partial charge in [-0.25, -0.2) is 0 Å². The largest absolute Gasteiger partial charge is 0.378 e. The highest BCUT2D eigenvalue weighted by molar-refractivity contribution is 5.73. The maximum Gasteiger partial charge on any atom is 0.219 e. The van der Waals surface area contributed by atoms with Crippen LogP contribution >= 0.6 is 0 Å². The molecular formula is C25H32N2O. The monoisotopic (exact) mass is 376 g/mol. The molecule has 28 heavy (non-hydrogen) atoms. The predicted molar refractivity (Wildman–Crippen MR) is 116 cm³/mol. The minimum absolute atomic E-state index is 0.207. The van der Waals surface area contributed by atoms with E-state index in [1.165, 1.54) is 51.9 Å². The van der Waals surface area contributed by atoms with Crippen molar-refractivity contribution in [3.8, 4) is 0 Å². The van der Waals surface area contributed by atoms with E-state index in [0.717, 1.165) is 25.9 Å². The summed E-state index contributed by atoms with van der Waals surface area (Å²) in [5.74, 6) is 0.774.